The van der Waals surface area contributed by atoms with Gasteiger partial charge in [0.05, 0.1) is 6.04 Å². The fraction of sp³-hybridized carbons (Fsp3) is 0.769. The van der Waals surface area contributed by atoms with E-state index in [1.807, 2.05) is 25.7 Å². The predicted octanol–water partition coefficient (Wildman–Crippen LogP) is 1.07. The van der Waals surface area contributed by atoms with Crippen LogP contribution >= 0.6 is 0 Å². The van der Waals surface area contributed by atoms with Crippen molar-refractivity contribution in [1.29, 1.82) is 0 Å². The van der Waals surface area contributed by atoms with Gasteiger partial charge in [0.15, 0.2) is 5.82 Å². The van der Waals surface area contributed by atoms with Crippen LogP contribution in [0.25, 0.3) is 0 Å². The van der Waals surface area contributed by atoms with E-state index < -0.39 is 6.04 Å². The molecular weight excluding hydrogens is 244 g/mol. The Morgan fingerprint density at radius 3 is 2.53 bits per heavy atom. The molecule has 0 radical (unpaired) electrons. The van der Waals surface area contributed by atoms with E-state index in [0.717, 1.165) is 12.8 Å². The van der Waals surface area contributed by atoms with Crippen molar-refractivity contribution in [3.8, 4) is 0 Å². The SMILES string of the molecule is Cc1noc(C2CCN(C(=O)[C@@H](N)C(C)C)CC2)n1. The molecule has 1 saturated heterocycles. The van der Waals surface area contributed by atoms with Gasteiger partial charge in [-0.05, 0) is 25.7 Å². The second-order valence-corrected chi connectivity index (χ2v) is 5.55. The summed E-state index contributed by atoms with van der Waals surface area (Å²) in [6.07, 6.45) is 1.72. The number of aryl methyl sites for hydroxylation is 1. The third kappa shape index (κ3) is 3.12. The minimum Gasteiger partial charge on any atom is -0.341 e. The maximum Gasteiger partial charge on any atom is 0.239 e. The van der Waals surface area contributed by atoms with E-state index in [-0.39, 0.29) is 17.7 Å². The Labute approximate surface area is 113 Å². The molecule has 1 fully saturated rings. The number of nitrogens with zero attached hydrogens (tertiary/aromatic N) is 3. The third-order valence-corrected chi connectivity index (χ3v) is 3.70. The van der Waals surface area contributed by atoms with Crippen LogP contribution in [-0.2, 0) is 4.79 Å². The summed E-state index contributed by atoms with van der Waals surface area (Å²) in [4.78, 5) is 18.2. The molecule has 1 aromatic heterocycles. The van der Waals surface area contributed by atoms with E-state index in [4.69, 9.17) is 10.3 Å². The summed E-state index contributed by atoms with van der Waals surface area (Å²) in [6, 6.07) is -0.401. The number of rotatable bonds is 3. The molecule has 1 amide bonds. The van der Waals surface area contributed by atoms with Gasteiger partial charge in [-0.3, -0.25) is 4.79 Å². The van der Waals surface area contributed by atoms with Gasteiger partial charge in [-0.1, -0.05) is 19.0 Å². The van der Waals surface area contributed by atoms with E-state index in [2.05, 4.69) is 10.1 Å². The molecule has 1 atom stereocenters. The molecule has 1 aliphatic rings. The largest absolute Gasteiger partial charge is 0.341 e. The topological polar surface area (TPSA) is 85.2 Å². The van der Waals surface area contributed by atoms with Gasteiger partial charge in [-0.25, -0.2) is 0 Å². The Bertz CT molecular complexity index is 436. The summed E-state index contributed by atoms with van der Waals surface area (Å²) >= 11 is 0. The smallest absolute Gasteiger partial charge is 0.239 e. The van der Waals surface area contributed by atoms with Crippen molar-refractivity contribution in [2.45, 2.75) is 45.6 Å². The van der Waals surface area contributed by atoms with Crippen molar-refractivity contribution in [3.63, 3.8) is 0 Å². The molecule has 19 heavy (non-hydrogen) atoms. The fourth-order valence-electron chi connectivity index (χ4n) is 2.32. The normalized spacial score (nSPS) is 18.9. The Kier molecular flexibility index (Phi) is 4.19. The molecule has 6 nitrogen and oxygen atoms in total. The molecular formula is C13H22N4O2. The molecule has 0 aromatic carbocycles. The van der Waals surface area contributed by atoms with Gasteiger partial charge in [0, 0.05) is 19.0 Å². The Morgan fingerprint density at radius 2 is 2.05 bits per heavy atom. The summed E-state index contributed by atoms with van der Waals surface area (Å²) in [5.41, 5.74) is 5.91. The van der Waals surface area contributed by atoms with Crippen LogP contribution in [0.15, 0.2) is 4.52 Å². The molecule has 2 rings (SSSR count). The lowest BCUT2D eigenvalue weighted by atomic mass is 9.95. The van der Waals surface area contributed by atoms with Crippen LogP contribution in [0.1, 0.15) is 44.3 Å². The van der Waals surface area contributed by atoms with Crippen molar-refractivity contribution >= 4 is 5.91 Å². The standard InChI is InChI=1S/C13H22N4O2/c1-8(2)11(14)13(18)17-6-4-10(5-7-17)12-15-9(3)16-19-12/h8,10-11H,4-7,14H2,1-3H3/t11-/m0/s1. The number of aromatic nitrogens is 2. The molecule has 0 bridgehead atoms. The van der Waals surface area contributed by atoms with Crippen molar-refractivity contribution in [3.05, 3.63) is 11.7 Å². The molecule has 6 heteroatoms. The molecule has 1 aliphatic heterocycles. The van der Waals surface area contributed by atoms with Crippen LogP contribution in [0, 0.1) is 12.8 Å². The van der Waals surface area contributed by atoms with Crippen LogP contribution in [-0.4, -0.2) is 40.1 Å². The summed E-state index contributed by atoms with van der Waals surface area (Å²) in [6.45, 7) is 7.18. The van der Waals surface area contributed by atoms with Gasteiger partial charge in [-0.2, -0.15) is 4.98 Å². The number of hydrogen-bond acceptors (Lipinski definition) is 5. The number of likely N-dealkylation sites (tertiary alicyclic amines) is 1. The first-order valence-electron chi connectivity index (χ1n) is 6.83. The van der Waals surface area contributed by atoms with Crippen molar-refractivity contribution < 1.29 is 9.32 Å². The molecule has 2 N–H and O–H groups in total. The lowest BCUT2D eigenvalue weighted by molar-refractivity contribution is -0.134. The van der Waals surface area contributed by atoms with E-state index in [1.165, 1.54) is 0 Å². The highest BCUT2D eigenvalue weighted by molar-refractivity contribution is 5.82. The van der Waals surface area contributed by atoms with Crippen LogP contribution < -0.4 is 5.73 Å². The number of nitrogens with two attached hydrogens (primary N) is 1. The lowest BCUT2D eigenvalue weighted by Gasteiger charge is -2.33. The number of carbonyl (C=O) groups excluding carboxylic acids is 1. The zero-order valence-electron chi connectivity index (χ0n) is 11.8. The minimum atomic E-state index is -0.401. The molecule has 1 aromatic rings. The fourth-order valence-corrected chi connectivity index (χ4v) is 2.32. The monoisotopic (exact) mass is 266 g/mol. The van der Waals surface area contributed by atoms with Gasteiger partial charge >= 0.3 is 0 Å². The van der Waals surface area contributed by atoms with Gasteiger partial charge in [0.25, 0.3) is 0 Å². The average molecular weight is 266 g/mol. The van der Waals surface area contributed by atoms with Crippen LogP contribution in [0.2, 0.25) is 0 Å². The van der Waals surface area contributed by atoms with Crippen molar-refractivity contribution in [2.75, 3.05) is 13.1 Å². The molecule has 0 saturated carbocycles. The average Bonchev–Trinajstić information content (AvgIpc) is 2.84. The molecule has 0 unspecified atom stereocenters. The quantitative estimate of drug-likeness (QED) is 0.884. The first-order chi connectivity index (χ1) is 8.99. The van der Waals surface area contributed by atoms with Crippen LogP contribution in [0.3, 0.4) is 0 Å². The first kappa shape index (κ1) is 14.0. The Morgan fingerprint density at radius 1 is 1.42 bits per heavy atom. The lowest BCUT2D eigenvalue weighted by Crippen LogP contribution is -2.49. The first-order valence-corrected chi connectivity index (χ1v) is 6.83. The van der Waals surface area contributed by atoms with Gasteiger partial charge in [0.2, 0.25) is 11.8 Å². The molecule has 0 spiro atoms. The summed E-state index contributed by atoms with van der Waals surface area (Å²) in [7, 11) is 0. The van der Waals surface area contributed by atoms with Crippen LogP contribution in [0.4, 0.5) is 0 Å². The maximum atomic E-state index is 12.1. The Balaban J connectivity index is 1.90. The zero-order valence-corrected chi connectivity index (χ0v) is 11.8. The highest BCUT2D eigenvalue weighted by Gasteiger charge is 2.30. The van der Waals surface area contributed by atoms with Gasteiger partial charge in [0.1, 0.15) is 0 Å². The molecule has 106 valence electrons. The van der Waals surface area contributed by atoms with Crippen LogP contribution in [0.5, 0.6) is 0 Å². The number of amides is 1. The zero-order chi connectivity index (χ0) is 14.0. The Hall–Kier alpha value is -1.43. The second-order valence-electron chi connectivity index (χ2n) is 5.55. The van der Waals surface area contributed by atoms with Gasteiger partial charge in [-0.15, -0.1) is 0 Å². The van der Waals surface area contributed by atoms with E-state index in [9.17, 15) is 4.79 Å². The second kappa shape index (κ2) is 5.69. The van der Waals surface area contributed by atoms with Crippen molar-refractivity contribution in [2.24, 2.45) is 11.7 Å². The highest BCUT2D eigenvalue weighted by Crippen LogP contribution is 2.27. The van der Waals surface area contributed by atoms with Gasteiger partial charge < -0.3 is 15.2 Å². The molecule has 2 heterocycles. The predicted molar refractivity (Wildman–Crippen MR) is 70.4 cm³/mol. The summed E-state index contributed by atoms with van der Waals surface area (Å²) in [5, 5.41) is 3.81. The maximum absolute atomic E-state index is 12.1. The third-order valence-electron chi connectivity index (χ3n) is 3.70. The minimum absolute atomic E-state index is 0.0511. The van der Waals surface area contributed by atoms with Crippen molar-refractivity contribution in [1.82, 2.24) is 15.0 Å². The van der Waals surface area contributed by atoms with E-state index in [1.54, 1.807) is 0 Å². The number of piperidine rings is 1. The number of hydrogen-bond donors (Lipinski definition) is 1. The summed E-state index contributed by atoms with van der Waals surface area (Å²) < 4.78 is 5.20. The van der Waals surface area contributed by atoms with E-state index >= 15 is 0 Å². The van der Waals surface area contributed by atoms with E-state index in [0.29, 0.717) is 24.8 Å². The summed E-state index contributed by atoms with van der Waals surface area (Å²) in [5.74, 6) is 1.84. The molecule has 0 aliphatic carbocycles. The number of carbonyl (C=O) groups is 1. The highest BCUT2D eigenvalue weighted by atomic mass is 16.5.